The Morgan fingerprint density at radius 3 is 2.38 bits per heavy atom. The fourth-order valence-corrected chi connectivity index (χ4v) is 2.70. The molecule has 1 N–H and O–H groups in total. The van der Waals surface area contributed by atoms with Crippen LogP contribution in [0.4, 0.5) is 4.79 Å². The molecule has 0 aromatic heterocycles. The molecule has 0 fully saturated rings. The molecule has 0 saturated heterocycles. The molecule has 1 aromatic carbocycles. The first-order chi connectivity index (χ1) is 11.2. The van der Waals surface area contributed by atoms with Gasteiger partial charge in [0.1, 0.15) is 6.61 Å². The van der Waals surface area contributed by atoms with Gasteiger partial charge in [-0.05, 0) is 23.7 Å². The van der Waals surface area contributed by atoms with E-state index in [0.29, 0.717) is 26.4 Å². The van der Waals surface area contributed by atoms with Crippen LogP contribution in [-0.4, -0.2) is 40.8 Å². The van der Waals surface area contributed by atoms with E-state index in [9.17, 15) is 4.79 Å². The van der Waals surface area contributed by atoms with Crippen LogP contribution in [0.5, 0.6) is 0 Å². The molecule has 0 bridgehead atoms. The van der Waals surface area contributed by atoms with Crippen LogP contribution in [-0.2, 0) is 20.5 Å². The number of hydrogen-bond acceptors (Lipinski definition) is 4. The number of rotatable bonds is 9. The first-order valence-corrected chi connectivity index (χ1v) is 11.3. The minimum atomic E-state index is -1.70. The van der Waals surface area contributed by atoms with Gasteiger partial charge in [-0.15, -0.1) is 0 Å². The number of ether oxygens (including phenoxy) is 2. The lowest BCUT2D eigenvalue weighted by atomic mass is 10.2. The molecule has 24 heavy (non-hydrogen) atoms. The van der Waals surface area contributed by atoms with Crippen LogP contribution in [0, 0.1) is 0 Å². The van der Waals surface area contributed by atoms with Crippen molar-refractivity contribution in [2.45, 2.75) is 45.5 Å². The van der Waals surface area contributed by atoms with Gasteiger partial charge < -0.3 is 19.2 Å². The lowest BCUT2D eigenvalue weighted by molar-refractivity contribution is 0.0927. The number of nitrogens with one attached hydrogen (secondary N) is 1. The fraction of sp³-hybridized carbons (Fsp3) is 0.611. The van der Waals surface area contributed by atoms with Crippen molar-refractivity contribution in [3.63, 3.8) is 0 Å². The topological polar surface area (TPSA) is 56.8 Å². The average Bonchev–Trinajstić information content (AvgIpc) is 2.52. The Hall–Kier alpha value is -1.37. The zero-order chi connectivity index (χ0) is 18.1. The van der Waals surface area contributed by atoms with Crippen LogP contribution in [0.25, 0.3) is 0 Å². The van der Waals surface area contributed by atoms with E-state index >= 15 is 0 Å². The van der Waals surface area contributed by atoms with Crippen LogP contribution in [0.15, 0.2) is 30.3 Å². The van der Waals surface area contributed by atoms with Gasteiger partial charge >= 0.3 is 6.09 Å². The summed E-state index contributed by atoms with van der Waals surface area (Å²) in [6.07, 6.45) is -0.431. The highest BCUT2D eigenvalue weighted by atomic mass is 28.4. The van der Waals surface area contributed by atoms with E-state index < -0.39 is 14.4 Å². The lowest BCUT2D eigenvalue weighted by Crippen LogP contribution is -2.41. The van der Waals surface area contributed by atoms with Crippen molar-refractivity contribution in [3.8, 4) is 0 Å². The molecule has 0 unspecified atom stereocenters. The number of alkyl carbamates (subject to hydrolysis) is 1. The molecule has 0 aliphatic carbocycles. The summed E-state index contributed by atoms with van der Waals surface area (Å²) in [4.78, 5) is 11.5. The molecule has 0 heterocycles. The maximum atomic E-state index is 11.5. The largest absolute Gasteiger partial charge is 0.445 e. The molecule has 0 aliphatic heterocycles. The predicted octanol–water partition coefficient (Wildman–Crippen LogP) is 3.95. The monoisotopic (exact) mass is 353 g/mol. The Bertz CT molecular complexity index is 486. The van der Waals surface area contributed by atoms with Crippen molar-refractivity contribution in [2.24, 2.45) is 0 Å². The Kier molecular flexibility index (Phi) is 8.45. The van der Waals surface area contributed by atoms with E-state index in [1.165, 1.54) is 0 Å². The second-order valence-electron chi connectivity index (χ2n) is 7.21. The molecule has 0 radical (unpaired) electrons. The highest BCUT2D eigenvalue weighted by molar-refractivity contribution is 6.74. The molecular weight excluding hydrogens is 322 g/mol. The zero-order valence-corrected chi connectivity index (χ0v) is 16.6. The summed E-state index contributed by atoms with van der Waals surface area (Å²) >= 11 is 0. The van der Waals surface area contributed by atoms with Gasteiger partial charge in [0.15, 0.2) is 8.32 Å². The molecular formula is C18H31NO4Si. The SMILES string of the molecule is CC(C)(C)[Si](C)(C)OCCOCCNC(=O)OCc1ccccc1. The van der Waals surface area contributed by atoms with Crippen LogP contribution in [0.1, 0.15) is 26.3 Å². The maximum Gasteiger partial charge on any atom is 0.407 e. The zero-order valence-electron chi connectivity index (χ0n) is 15.6. The first kappa shape index (κ1) is 20.7. The molecule has 1 amide bonds. The fourth-order valence-electron chi connectivity index (χ4n) is 1.67. The van der Waals surface area contributed by atoms with E-state index in [2.05, 4.69) is 39.2 Å². The summed E-state index contributed by atoms with van der Waals surface area (Å²) in [6.45, 7) is 13.3. The number of carbonyl (C=O) groups is 1. The van der Waals surface area contributed by atoms with Gasteiger partial charge in [-0.25, -0.2) is 4.79 Å². The second kappa shape index (κ2) is 9.81. The molecule has 5 nitrogen and oxygen atoms in total. The third kappa shape index (κ3) is 7.94. The van der Waals surface area contributed by atoms with Crippen LogP contribution in [0.2, 0.25) is 18.1 Å². The first-order valence-electron chi connectivity index (χ1n) is 8.38. The van der Waals surface area contributed by atoms with Crippen molar-refractivity contribution >= 4 is 14.4 Å². The van der Waals surface area contributed by atoms with Crippen LogP contribution in [0.3, 0.4) is 0 Å². The smallest absolute Gasteiger partial charge is 0.407 e. The molecule has 1 aromatic rings. The molecule has 136 valence electrons. The third-order valence-electron chi connectivity index (χ3n) is 4.23. The highest BCUT2D eigenvalue weighted by Crippen LogP contribution is 2.36. The van der Waals surface area contributed by atoms with Crippen LogP contribution >= 0.6 is 0 Å². The molecule has 0 saturated carbocycles. The summed E-state index contributed by atoms with van der Waals surface area (Å²) in [5.41, 5.74) is 0.965. The number of carbonyl (C=O) groups excluding carboxylic acids is 1. The van der Waals surface area contributed by atoms with Gasteiger partial charge in [0, 0.05) is 6.54 Å². The van der Waals surface area contributed by atoms with Crippen molar-refractivity contribution in [2.75, 3.05) is 26.4 Å². The van der Waals surface area contributed by atoms with Gasteiger partial charge in [0.25, 0.3) is 0 Å². The summed E-state index contributed by atoms with van der Waals surface area (Å²) in [7, 11) is -1.70. The lowest BCUT2D eigenvalue weighted by Gasteiger charge is -2.36. The van der Waals surface area contributed by atoms with Gasteiger partial charge in [-0.1, -0.05) is 51.1 Å². The van der Waals surface area contributed by atoms with E-state index in [0.717, 1.165) is 5.56 Å². The second-order valence-corrected chi connectivity index (χ2v) is 12.0. The highest BCUT2D eigenvalue weighted by Gasteiger charge is 2.36. The molecule has 6 heteroatoms. The summed E-state index contributed by atoms with van der Waals surface area (Å²) < 4.78 is 16.6. The van der Waals surface area contributed by atoms with Crippen molar-refractivity contribution in [1.82, 2.24) is 5.32 Å². The van der Waals surface area contributed by atoms with E-state index in [4.69, 9.17) is 13.9 Å². The van der Waals surface area contributed by atoms with Gasteiger partial charge in [-0.3, -0.25) is 0 Å². The normalized spacial score (nSPS) is 12.0. The third-order valence-corrected chi connectivity index (χ3v) is 8.76. The predicted molar refractivity (Wildman–Crippen MR) is 98.6 cm³/mol. The summed E-state index contributed by atoms with van der Waals surface area (Å²) in [5, 5.41) is 2.87. The number of amides is 1. The van der Waals surface area contributed by atoms with E-state index in [-0.39, 0.29) is 11.6 Å². The maximum absolute atomic E-state index is 11.5. The van der Waals surface area contributed by atoms with Gasteiger partial charge in [0.2, 0.25) is 0 Å². The Balaban J connectivity index is 2.03. The van der Waals surface area contributed by atoms with Gasteiger partial charge in [-0.2, -0.15) is 0 Å². The Labute approximate surface area is 146 Å². The van der Waals surface area contributed by atoms with Crippen molar-refractivity contribution in [1.29, 1.82) is 0 Å². The van der Waals surface area contributed by atoms with Crippen molar-refractivity contribution in [3.05, 3.63) is 35.9 Å². The molecule has 1 rings (SSSR count). The average molecular weight is 354 g/mol. The Morgan fingerprint density at radius 1 is 1.08 bits per heavy atom. The molecule has 0 spiro atoms. The minimum absolute atomic E-state index is 0.205. The molecule has 0 aliphatic rings. The minimum Gasteiger partial charge on any atom is -0.445 e. The number of hydrogen-bond donors (Lipinski definition) is 1. The van der Waals surface area contributed by atoms with E-state index in [1.54, 1.807) is 0 Å². The molecule has 0 atom stereocenters. The Morgan fingerprint density at radius 2 is 1.75 bits per heavy atom. The number of benzene rings is 1. The van der Waals surface area contributed by atoms with Gasteiger partial charge in [0.05, 0.1) is 19.8 Å². The van der Waals surface area contributed by atoms with E-state index in [1.807, 2.05) is 30.3 Å². The standard InChI is InChI=1S/C18H31NO4Si/c1-18(2,3)24(4,5)23-14-13-21-12-11-19-17(20)22-15-16-9-7-6-8-10-16/h6-10H,11-15H2,1-5H3,(H,19,20). The quantitative estimate of drug-likeness (QED) is 0.539. The van der Waals surface area contributed by atoms with Crippen molar-refractivity contribution < 1.29 is 18.7 Å². The van der Waals surface area contributed by atoms with Crippen LogP contribution < -0.4 is 5.32 Å². The summed E-state index contributed by atoms with van der Waals surface area (Å²) in [5.74, 6) is 0. The summed E-state index contributed by atoms with van der Waals surface area (Å²) in [6, 6.07) is 9.58.